The molecule has 2 rings (SSSR count). The number of pyridine rings is 1. The molecule has 0 atom stereocenters. The lowest BCUT2D eigenvalue weighted by atomic mass is 10.5. The van der Waals surface area contributed by atoms with E-state index in [0.717, 1.165) is 15.9 Å². The molecule has 2 nitrogen and oxygen atoms in total. The highest BCUT2D eigenvalue weighted by atomic mass is 79.9. The Morgan fingerprint density at radius 2 is 2.27 bits per heavy atom. The Labute approximate surface area is 73.0 Å². The van der Waals surface area contributed by atoms with Crippen molar-refractivity contribution in [2.45, 2.75) is 6.92 Å². The van der Waals surface area contributed by atoms with E-state index in [9.17, 15) is 0 Å². The van der Waals surface area contributed by atoms with Gasteiger partial charge in [-0.25, -0.2) is 4.98 Å². The molecule has 0 aliphatic carbocycles. The molecule has 1 N–H and O–H groups in total. The molecular formula is C8H8BrN2+. The van der Waals surface area contributed by atoms with Crippen LogP contribution in [0.25, 0.3) is 5.65 Å². The van der Waals surface area contributed by atoms with Crippen LogP contribution in [0, 0.1) is 6.92 Å². The van der Waals surface area contributed by atoms with Crippen molar-refractivity contribution in [3.8, 4) is 0 Å². The maximum atomic E-state index is 3.45. The summed E-state index contributed by atoms with van der Waals surface area (Å²) < 4.78 is 3.13. The Morgan fingerprint density at radius 1 is 1.45 bits per heavy atom. The van der Waals surface area contributed by atoms with Crippen LogP contribution in [-0.4, -0.2) is 4.98 Å². The van der Waals surface area contributed by atoms with Gasteiger partial charge >= 0.3 is 0 Å². The van der Waals surface area contributed by atoms with E-state index in [4.69, 9.17) is 0 Å². The number of aromatic nitrogens is 2. The lowest BCUT2D eigenvalue weighted by Gasteiger charge is -1.85. The standard InChI is InChI=1S/C8H7BrN2/c1-6-5-11-7(9)3-2-4-8(11)10-6/h2-5H,1H3/p+1. The molecule has 56 valence electrons. The van der Waals surface area contributed by atoms with Crippen molar-refractivity contribution < 1.29 is 4.40 Å². The molecule has 0 unspecified atom stereocenters. The number of nitrogens with zero attached hydrogens (tertiary/aromatic N) is 1. The van der Waals surface area contributed by atoms with Crippen LogP contribution in [-0.2, 0) is 0 Å². The Hall–Kier alpha value is -0.830. The molecule has 0 aliphatic heterocycles. The fourth-order valence-corrected chi connectivity index (χ4v) is 1.60. The molecular weight excluding hydrogens is 204 g/mol. The number of H-pyrrole nitrogens is 1. The quantitative estimate of drug-likeness (QED) is 0.507. The third-order valence-electron chi connectivity index (χ3n) is 1.63. The molecule has 0 saturated heterocycles. The molecule has 0 radical (unpaired) electrons. The van der Waals surface area contributed by atoms with Gasteiger partial charge in [0.15, 0.2) is 4.60 Å². The molecule has 0 bridgehead atoms. The van der Waals surface area contributed by atoms with Crippen molar-refractivity contribution in [1.82, 2.24) is 4.98 Å². The fourth-order valence-electron chi connectivity index (χ4n) is 1.16. The number of nitrogens with one attached hydrogen (secondary N) is 1. The van der Waals surface area contributed by atoms with Crippen LogP contribution in [0.15, 0.2) is 29.0 Å². The summed E-state index contributed by atoms with van der Waals surface area (Å²) in [4.78, 5) is 3.23. The summed E-state index contributed by atoms with van der Waals surface area (Å²) in [6, 6.07) is 6.06. The fraction of sp³-hybridized carbons (Fsp3) is 0.125. The average Bonchev–Trinajstić information content (AvgIpc) is 2.31. The lowest BCUT2D eigenvalue weighted by Crippen LogP contribution is -2.19. The largest absolute Gasteiger partial charge is 0.285 e. The normalized spacial score (nSPS) is 10.7. The second-order valence-electron chi connectivity index (χ2n) is 2.54. The first kappa shape index (κ1) is 6.85. The van der Waals surface area contributed by atoms with E-state index < -0.39 is 0 Å². The van der Waals surface area contributed by atoms with Gasteiger partial charge in [0, 0.05) is 13.0 Å². The Balaban J connectivity index is 2.90. The van der Waals surface area contributed by atoms with Crippen LogP contribution in [0.1, 0.15) is 5.69 Å². The van der Waals surface area contributed by atoms with Crippen molar-refractivity contribution in [1.29, 1.82) is 0 Å². The summed E-state index contributed by atoms with van der Waals surface area (Å²) in [5, 5.41) is 0. The van der Waals surface area contributed by atoms with Gasteiger partial charge in [0.25, 0.3) is 5.65 Å². The molecule has 0 amide bonds. The van der Waals surface area contributed by atoms with E-state index in [2.05, 4.69) is 31.5 Å². The maximum Gasteiger partial charge on any atom is 0.285 e. The van der Waals surface area contributed by atoms with Crippen molar-refractivity contribution in [2.24, 2.45) is 0 Å². The summed E-state index contributed by atoms with van der Waals surface area (Å²) in [6.45, 7) is 2.04. The molecule has 0 spiro atoms. The van der Waals surface area contributed by atoms with Gasteiger partial charge in [0.2, 0.25) is 0 Å². The SMILES string of the molecule is Cc1c[n+]2c(Br)cccc2[nH]1. The minimum Gasteiger partial charge on any atom is -0.241 e. The molecule has 2 aromatic rings. The number of hydrogen-bond acceptors (Lipinski definition) is 0. The van der Waals surface area contributed by atoms with Gasteiger partial charge in [0.1, 0.15) is 11.9 Å². The van der Waals surface area contributed by atoms with Gasteiger partial charge in [-0.15, -0.1) is 0 Å². The Morgan fingerprint density at radius 3 is 3.00 bits per heavy atom. The first-order valence-corrected chi connectivity index (χ1v) is 4.22. The van der Waals surface area contributed by atoms with Gasteiger partial charge in [-0.05, 0) is 28.1 Å². The maximum absolute atomic E-state index is 3.45. The summed E-state index contributed by atoms with van der Waals surface area (Å²) in [6.07, 6.45) is 2.05. The Bertz CT molecular complexity index is 392. The van der Waals surface area contributed by atoms with E-state index >= 15 is 0 Å². The van der Waals surface area contributed by atoms with Gasteiger partial charge in [0.05, 0.1) is 0 Å². The number of aryl methyl sites for hydroxylation is 1. The summed E-state index contributed by atoms with van der Waals surface area (Å²) in [7, 11) is 0. The zero-order chi connectivity index (χ0) is 7.84. The summed E-state index contributed by atoms with van der Waals surface area (Å²) in [5.41, 5.74) is 2.27. The predicted molar refractivity (Wildman–Crippen MR) is 46.4 cm³/mol. The van der Waals surface area contributed by atoms with Crippen molar-refractivity contribution >= 4 is 21.6 Å². The highest BCUT2D eigenvalue weighted by molar-refractivity contribution is 9.10. The van der Waals surface area contributed by atoms with Gasteiger partial charge in [-0.2, -0.15) is 4.40 Å². The van der Waals surface area contributed by atoms with E-state index in [1.54, 1.807) is 0 Å². The highest BCUT2D eigenvalue weighted by Gasteiger charge is 2.06. The number of fused-ring (bicyclic) bond motifs is 1. The third-order valence-corrected chi connectivity index (χ3v) is 2.27. The van der Waals surface area contributed by atoms with Crippen LogP contribution in [0.5, 0.6) is 0 Å². The number of rotatable bonds is 0. The number of aromatic amines is 1. The monoisotopic (exact) mass is 211 g/mol. The zero-order valence-corrected chi connectivity index (χ0v) is 7.72. The topological polar surface area (TPSA) is 19.9 Å². The van der Waals surface area contributed by atoms with Crippen molar-refractivity contribution in [3.05, 3.63) is 34.7 Å². The molecule has 0 saturated carbocycles. The second kappa shape index (κ2) is 2.34. The number of halogens is 1. The average molecular weight is 212 g/mol. The van der Waals surface area contributed by atoms with E-state index in [0.29, 0.717) is 0 Å². The highest BCUT2D eigenvalue weighted by Crippen LogP contribution is 2.05. The van der Waals surface area contributed by atoms with Gasteiger partial charge in [-0.3, -0.25) is 0 Å². The molecule has 0 aliphatic rings. The zero-order valence-electron chi connectivity index (χ0n) is 6.13. The van der Waals surface area contributed by atoms with Crippen molar-refractivity contribution in [2.75, 3.05) is 0 Å². The molecule has 3 heteroatoms. The third kappa shape index (κ3) is 1.05. The predicted octanol–water partition coefficient (Wildman–Crippen LogP) is 1.82. The summed E-state index contributed by atoms with van der Waals surface area (Å²) in [5.74, 6) is 0. The van der Waals surface area contributed by atoms with Crippen LogP contribution < -0.4 is 4.40 Å². The first-order valence-electron chi connectivity index (χ1n) is 3.43. The smallest absolute Gasteiger partial charge is 0.241 e. The van der Waals surface area contributed by atoms with E-state index in [1.165, 1.54) is 0 Å². The van der Waals surface area contributed by atoms with Crippen LogP contribution in [0.4, 0.5) is 0 Å². The minimum atomic E-state index is 1.07. The molecule has 0 aromatic carbocycles. The molecule has 0 fully saturated rings. The van der Waals surface area contributed by atoms with Crippen LogP contribution >= 0.6 is 15.9 Å². The van der Waals surface area contributed by atoms with Gasteiger partial charge < -0.3 is 0 Å². The molecule has 11 heavy (non-hydrogen) atoms. The lowest BCUT2D eigenvalue weighted by molar-refractivity contribution is -0.523. The first-order chi connectivity index (χ1) is 5.27. The van der Waals surface area contributed by atoms with Crippen molar-refractivity contribution in [3.63, 3.8) is 0 Å². The second-order valence-corrected chi connectivity index (χ2v) is 3.35. The van der Waals surface area contributed by atoms with Crippen LogP contribution in [0.3, 0.4) is 0 Å². The molecule has 2 heterocycles. The Kier molecular flexibility index (Phi) is 1.46. The number of hydrogen-bond donors (Lipinski definition) is 1. The van der Waals surface area contributed by atoms with Gasteiger partial charge in [-0.1, -0.05) is 0 Å². The van der Waals surface area contributed by atoms with E-state index in [-0.39, 0.29) is 0 Å². The minimum absolute atomic E-state index is 1.07. The van der Waals surface area contributed by atoms with Crippen LogP contribution in [0.2, 0.25) is 0 Å². The van der Waals surface area contributed by atoms with E-state index in [1.807, 2.05) is 25.1 Å². The summed E-state index contributed by atoms with van der Waals surface area (Å²) >= 11 is 3.45. The number of imidazole rings is 1. The molecule has 2 aromatic heterocycles.